The van der Waals surface area contributed by atoms with Gasteiger partial charge in [0.05, 0.1) is 29.7 Å². The molecule has 0 spiro atoms. The Morgan fingerprint density at radius 2 is 2.05 bits per heavy atom. The molecule has 1 heterocycles. The summed E-state index contributed by atoms with van der Waals surface area (Å²) in [6, 6.07) is 11.6. The second kappa shape index (κ2) is 6.02. The first kappa shape index (κ1) is 14.9. The van der Waals surface area contributed by atoms with Gasteiger partial charge in [0.15, 0.2) is 0 Å². The normalized spacial score (nSPS) is 11.0. The molecule has 6 heteroatoms. The quantitative estimate of drug-likeness (QED) is 0.428. The summed E-state index contributed by atoms with van der Waals surface area (Å²) in [6.07, 6.45) is 0. The highest BCUT2D eigenvalue weighted by Crippen LogP contribution is 2.31. The second-order valence-electron chi connectivity index (χ2n) is 4.45. The molecule has 0 aliphatic rings. The minimum atomic E-state index is 0.306. The average Bonchev–Trinajstić information content (AvgIpc) is 2.84. The van der Waals surface area contributed by atoms with E-state index in [9.17, 15) is 0 Å². The predicted octanol–water partition coefficient (Wildman–Crippen LogP) is 5.03. The number of fused-ring (bicyclic) bond motifs is 1. The van der Waals surface area contributed by atoms with Crippen molar-refractivity contribution in [2.75, 3.05) is 7.11 Å². The summed E-state index contributed by atoms with van der Waals surface area (Å²) >= 11 is 14.5. The maximum absolute atomic E-state index is 6.14. The van der Waals surface area contributed by atoms with Gasteiger partial charge in [0.25, 0.3) is 0 Å². The molecule has 0 aliphatic heterocycles. The molecule has 0 saturated heterocycles. The van der Waals surface area contributed by atoms with Gasteiger partial charge in [-0.3, -0.25) is 4.57 Å². The van der Waals surface area contributed by atoms with Crippen molar-refractivity contribution >= 4 is 56.8 Å². The van der Waals surface area contributed by atoms with Crippen molar-refractivity contribution in [2.45, 2.75) is 5.88 Å². The summed E-state index contributed by atoms with van der Waals surface area (Å²) in [7, 11) is 1.63. The first-order valence-corrected chi connectivity index (χ1v) is 8.20. The van der Waals surface area contributed by atoms with E-state index in [0.29, 0.717) is 10.9 Å². The van der Waals surface area contributed by atoms with E-state index < -0.39 is 0 Å². The molecule has 2 aromatic carbocycles. The number of imidazole rings is 1. The topological polar surface area (TPSA) is 27.1 Å². The maximum atomic E-state index is 6.14. The molecule has 0 aliphatic carbocycles. The molecule has 3 nitrogen and oxygen atoms in total. The molecule has 0 fully saturated rings. The number of hydrogen-bond acceptors (Lipinski definition) is 2. The molecule has 108 valence electrons. The van der Waals surface area contributed by atoms with Gasteiger partial charge in [-0.2, -0.15) is 0 Å². The SMILES string of the molecule is COc1ccc(Cl)cc1-n1c(CCl)nc2cc(I)ccc21. The summed E-state index contributed by atoms with van der Waals surface area (Å²) in [4.78, 5) is 4.60. The van der Waals surface area contributed by atoms with Gasteiger partial charge in [0.2, 0.25) is 0 Å². The van der Waals surface area contributed by atoms with Crippen LogP contribution in [0.3, 0.4) is 0 Å². The third kappa shape index (κ3) is 2.72. The summed E-state index contributed by atoms with van der Waals surface area (Å²) in [5.41, 5.74) is 2.72. The van der Waals surface area contributed by atoms with Crippen LogP contribution in [-0.2, 0) is 5.88 Å². The Labute approximate surface area is 146 Å². The number of hydrogen-bond donors (Lipinski definition) is 0. The molecule has 21 heavy (non-hydrogen) atoms. The highest BCUT2D eigenvalue weighted by Gasteiger charge is 2.15. The molecule has 3 aromatic rings. The van der Waals surface area contributed by atoms with E-state index in [4.69, 9.17) is 27.9 Å². The minimum Gasteiger partial charge on any atom is -0.495 e. The van der Waals surface area contributed by atoms with Gasteiger partial charge in [0, 0.05) is 8.59 Å². The first-order chi connectivity index (χ1) is 10.1. The molecule has 0 N–H and O–H groups in total. The Bertz CT molecular complexity index is 817. The van der Waals surface area contributed by atoms with Crippen molar-refractivity contribution in [3.8, 4) is 11.4 Å². The van der Waals surface area contributed by atoms with Gasteiger partial charge >= 0.3 is 0 Å². The van der Waals surface area contributed by atoms with Crippen LogP contribution >= 0.6 is 45.8 Å². The van der Waals surface area contributed by atoms with Gasteiger partial charge in [-0.25, -0.2) is 4.98 Å². The molecular formula is C15H11Cl2IN2O. The van der Waals surface area contributed by atoms with Crippen LogP contribution < -0.4 is 4.74 Å². The Balaban J connectivity index is 2.36. The van der Waals surface area contributed by atoms with Crippen molar-refractivity contribution in [1.82, 2.24) is 9.55 Å². The lowest BCUT2D eigenvalue weighted by molar-refractivity contribution is 0.413. The summed E-state index contributed by atoms with van der Waals surface area (Å²) in [5, 5.41) is 0.638. The lowest BCUT2D eigenvalue weighted by Crippen LogP contribution is -2.02. The summed E-state index contributed by atoms with van der Waals surface area (Å²) in [6.45, 7) is 0. The fourth-order valence-electron chi connectivity index (χ4n) is 2.30. The van der Waals surface area contributed by atoms with Gasteiger partial charge in [-0.1, -0.05) is 11.6 Å². The first-order valence-electron chi connectivity index (χ1n) is 6.21. The molecule has 0 atom stereocenters. The van der Waals surface area contributed by atoms with Crippen LogP contribution in [-0.4, -0.2) is 16.7 Å². The van der Waals surface area contributed by atoms with Gasteiger partial charge in [-0.15, -0.1) is 11.6 Å². The van der Waals surface area contributed by atoms with Crippen LogP contribution in [0.2, 0.25) is 5.02 Å². The third-order valence-electron chi connectivity index (χ3n) is 3.19. The largest absolute Gasteiger partial charge is 0.495 e. The molecule has 0 bridgehead atoms. The number of methoxy groups -OCH3 is 1. The number of nitrogens with zero attached hydrogens (tertiary/aromatic N) is 2. The average molecular weight is 433 g/mol. The van der Waals surface area contributed by atoms with E-state index in [-0.39, 0.29) is 0 Å². The predicted molar refractivity (Wildman–Crippen MR) is 94.9 cm³/mol. The third-order valence-corrected chi connectivity index (χ3v) is 4.33. The number of rotatable bonds is 3. The van der Waals surface area contributed by atoms with E-state index in [1.54, 1.807) is 13.2 Å². The van der Waals surface area contributed by atoms with Gasteiger partial charge in [0.1, 0.15) is 11.6 Å². The lowest BCUT2D eigenvalue weighted by atomic mass is 10.2. The Hall–Kier alpha value is -0.980. The molecule has 0 radical (unpaired) electrons. The van der Waals surface area contributed by atoms with E-state index in [1.165, 1.54) is 0 Å². The number of halogens is 3. The van der Waals surface area contributed by atoms with Gasteiger partial charge < -0.3 is 4.74 Å². The Morgan fingerprint density at radius 1 is 1.24 bits per heavy atom. The maximum Gasteiger partial charge on any atom is 0.143 e. The molecule has 1 aromatic heterocycles. The minimum absolute atomic E-state index is 0.306. The zero-order valence-corrected chi connectivity index (χ0v) is 14.8. The second-order valence-corrected chi connectivity index (χ2v) is 6.40. The van der Waals surface area contributed by atoms with Crippen molar-refractivity contribution in [3.05, 3.63) is 50.8 Å². The van der Waals surface area contributed by atoms with Crippen LogP contribution in [0.25, 0.3) is 16.7 Å². The van der Waals surface area contributed by atoms with E-state index in [1.807, 2.05) is 34.9 Å². The highest BCUT2D eigenvalue weighted by atomic mass is 127. The van der Waals surface area contributed by atoms with Crippen LogP contribution in [0.5, 0.6) is 5.75 Å². The van der Waals surface area contributed by atoms with Gasteiger partial charge in [-0.05, 0) is 59.0 Å². The van der Waals surface area contributed by atoms with E-state index in [2.05, 4.69) is 27.6 Å². The standard InChI is InChI=1S/C15H11Cl2IN2O/c1-21-14-5-2-9(17)6-13(14)20-12-4-3-10(18)7-11(12)19-15(20)8-16/h2-7H,8H2,1H3. The number of ether oxygens (including phenoxy) is 1. The smallest absolute Gasteiger partial charge is 0.143 e. The van der Waals surface area contributed by atoms with Crippen molar-refractivity contribution in [2.24, 2.45) is 0 Å². The van der Waals surface area contributed by atoms with E-state index in [0.717, 1.165) is 31.9 Å². The van der Waals surface area contributed by atoms with Crippen LogP contribution in [0, 0.1) is 3.57 Å². The molecular weight excluding hydrogens is 422 g/mol. The summed E-state index contributed by atoms with van der Waals surface area (Å²) in [5.74, 6) is 1.79. The highest BCUT2D eigenvalue weighted by molar-refractivity contribution is 14.1. The molecule has 0 unspecified atom stereocenters. The molecule has 0 amide bonds. The number of alkyl halides is 1. The zero-order chi connectivity index (χ0) is 15.0. The fraction of sp³-hybridized carbons (Fsp3) is 0.133. The van der Waals surface area contributed by atoms with Crippen molar-refractivity contribution < 1.29 is 4.74 Å². The Morgan fingerprint density at radius 3 is 2.76 bits per heavy atom. The summed E-state index contributed by atoms with van der Waals surface area (Å²) < 4.78 is 8.56. The number of benzene rings is 2. The fourth-order valence-corrected chi connectivity index (χ4v) is 3.12. The van der Waals surface area contributed by atoms with Crippen LogP contribution in [0.15, 0.2) is 36.4 Å². The van der Waals surface area contributed by atoms with Crippen molar-refractivity contribution in [3.63, 3.8) is 0 Å². The Kier molecular flexibility index (Phi) is 4.28. The van der Waals surface area contributed by atoms with Crippen LogP contribution in [0.4, 0.5) is 0 Å². The monoisotopic (exact) mass is 432 g/mol. The molecule has 3 rings (SSSR count). The van der Waals surface area contributed by atoms with Crippen molar-refractivity contribution in [1.29, 1.82) is 0 Å². The molecule has 0 saturated carbocycles. The lowest BCUT2D eigenvalue weighted by Gasteiger charge is -2.13. The van der Waals surface area contributed by atoms with Crippen LogP contribution in [0.1, 0.15) is 5.82 Å². The zero-order valence-electron chi connectivity index (χ0n) is 11.1. The van der Waals surface area contributed by atoms with E-state index >= 15 is 0 Å². The number of aromatic nitrogens is 2.